The van der Waals surface area contributed by atoms with E-state index in [1.807, 2.05) is 59.6 Å². The first-order valence-corrected chi connectivity index (χ1v) is 9.62. The number of aromatic nitrogens is 2. The maximum atomic E-state index is 12.7. The van der Waals surface area contributed by atoms with Gasteiger partial charge in [-0.2, -0.15) is 11.3 Å². The van der Waals surface area contributed by atoms with Gasteiger partial charge >= 0.3 is 0 Å². The highest BCUT2D eigenvalue weighted by atomic mass is 32.1. The number of amides is 1. The molecule has 0 unspecified atom stereocenters. The summed E-state index contributed by atoms with van der Waals surface area (Å²) < 4.78 is 2.04. The number of carbonyl (C=O) groups excluding carboxylic acids is 1. The van der Waals surface area contributed by atoms with Crippen LogP contribution < -0.4 is 10.9 Å². The van der Waals surface area contributed by atoms with Crippen molar-refractivity contribution >= 4 is 33.8 Å². The van der Waals surface area contributed by atoms with Crippen LogP contribution in [-0.4, -0.2) is 15.5 Å². The van der Waals surface area contributed by atoms with Crippen molar-refractivity contribution in [1.82, 2.24) is 9.55 Å². The molecule has 3 aromatic heterocycles. The molecule has 5 nitrogen and oxygen atoms in total. The molecule has 4 aromatic rings. The van der Waals surface area contributed by atoms with Gasteiger partial charge < -0.3 is 14.9 Å². The predicted molar refractivity (Wildman–Crippen MR) is 109 cm³/mol. The van der Waals surface area contributed by atoms with Crippen LogP contribution in [0.3, 0.4) is 0 Å². The number of anilines is 1. The van der Waals surface area contributed by atoms with Gasteiger partial charge in [0.25, 0.3) is 0 Å². The van der Waals surface area contributed by atoms with Crippen LogP contribution >= 0.6 is 11.3 Å². The summed E-state index contributed by atoms with van der Waals surface area (Å²) >= 11 is 1.62. The van der Waals surface area contributed by atoms with Crippen LogP contribution in [0.1, 0.15) is 23.6 Å². The van der Waals surface area contributed by atoms with Gasteiger partial charge in [-0.3, -0.25) is 9.59 Å². The van der Waals surface area contributed by atoms with Gasteiger partial charge in [-0.25, -0.2) is 0 Å². The van der Waals surface area contributed by atoms with Crippen LogP contribution in [0.15, 0.2) is 70.4 Å². The molecule has 1 atom stereocenters. The lowest BCUT2D eigenvalue weighted by Crippen LogP contribution is -2.19. The van der Waals surface area contributed by atoms with E-state index in [0.29, 0.717) is 12.1 Å². The Morgan fingerprint density at radius 2 is 2.04 bits per heavy atom. The van der Waals surface area contributed by atoms with Crippen LogP contribution in [-0.2, 0) is 4.79 Å². The number of nitrogens with zero attached hydrogens (tertiary/aromatic N) is 1. The molecule has 0 aliphatic rings. The first kappa shape index (κ1) is 17.3. The minimum atomic E-state index is -0.145. The number of fused-ring (bicyclic) bond motifs is 1. The maximum Gasteiger partial charge on any atom is 0.248 e. The Morgan fingerprint density at radius 3 is 2.78 bits per heavy atom. The van der Waals surface area contributed by atoms with Gasteiger partial charge in [-0.15, -0.1) is 0 Å². The normalized spacial score (nSPS) is 12.2. The molecule has 6 heteroatoms. The van der Waals surface area contributed by atoms with Crippen molar-refractivity contribution in [1.29, 1.82) is 0 Å². The van der Waals surface area contributed by atoms with Crippen LogP contribution in [0.5, 0.6) is 0 Å². The van der Waals surface area contributed by atoms with E-state index in [0.717, 1.165) is 22.0 Å². The van der Waals surface area contributed by atoms with Crippen LogP contribution in [0.4, 0.5) is 5.69 Å². The molecule has 1 amide bonds. The number of aryl methyl sites for hydroxylation is 1. The SMILES string of the molecule is Cc1cc(=O)[nH]c2cc(NC(=O)C[C@H](c3ccsc3)n3cccc3)ccc12. The Morgan fingerprint density at radius 1 is 1.22 bits per heavy atom. The van der Waals surface area contributed by atoms with E-state index in [1.54, 1.807) is 23.5 Å². The summed E-state index contributed by atoms with van der Waals surface area (Å²) in [6.07, 6.45) is 4.27. The fourth-order valence-corrected chi connectivity index (χ4v) is 4.02. The number of H-pyrrole nitrogens is 1. The van der Waals surface area contributed by atoms with E-state index >= 15 is 0 Å². The van der Waals surface area contributed by atoms with Crippen molar-refractivity contribution in [2.45, 2.75) is 19.4 Å². The summed E-state index contributed by atoms with van der Waals surface area (Å²) in [5.74, 6) is -0.0748. The average Bonchev–Trinajstić information content (AvgIpc) is 3.33. The molecule has 4 rings (SSSR count). The van der Waals surface area contributed by atoms with Crippen molar-refractivity contribution < 1.29 is 4.79 Å². The molecule has 0 aliphatic heterocycles. The number of aromatic amines is 1. The standard InChI is InChI=1S/C21H19N3O2S/c1-14-10-20(25)23-18-11-16(4-5-17(14)18)22-21(26)12-19(15-6-9-27-13-15)24-7-2-3-8-24/h2-11,13,19H,12H2,1H3,(H,22,26)(H,23,25)/t19-/m1/s1. The molecule has 0 fully saturated rings. The lowest BCUT2D eigenvalue weighted by molar-refractivity contribution is -0.116. The van der Waals surface area contributed by atoms with Crippen molar-refractivity contribution in [3.8, 4) is 0 Å². The van der Waals surface area contributed by atoms with E-state index in [1.165, 1.54) is 0 Å². The van der Waals surface area contributed by atoms with E-state index in [-0.39, 0.29) is 17.5 Å². The predicted octanol–water partition coefficient (Wildman–Crippen LogP) is 4.32. The van der Waals surface area contributed by atoms with E-state index in [2.05, 4.69) is 15.7 Å². The Bertz CT molecular complexity index is 1090. The number of carbonyl (C=O) groups is 1. The fourth-order valence-electron chi connectivity index (χ4n) is 3.32. The number of thiophene rings is 1. The summed E-state index contributed by atoms with van der Waals surface area (Å²) in [6, 6.07) is 13.1. The molecular formula is C21H19N3O2S. The van der Waals surface area contributed by atoms with Crippen molar-refractivity contribution in [3.63, 3.8) is 0 Å². The van der Waals surface area contributed by atoms with Crippen LogP contribution in [0.25, 0.3) is 10.9 Å². The minimum absolute atomic E-state index is 0.0474. The van der Waals surface area contributed by atoms with Crippen molar-refractivity contribution in [2.24, 2.45) is 0 Å². The van der Waals surface area contributed by atoms with Gasteiger partial charge in [0.1, 0.15) is 0 Å². The first-order valence-electron chi connectivity index (χ1n) is 8.68. The second kappa shape index (κ2) is 7.25. The molecule has 0 saturated heterocycles. The molecule has 0 bridgehead atoms. The number of benzene rings is 1. The van der Waals surface area contributed by atoms with Crippen LogP contribution in [0.2, 0.25) is 0 Å². The number of pyridine rings is 1. The highest BCUT2D eigenvalue weighted by Gasteiger charge is 2.18. The summed E-state index contributed by atoms with van der Waals surface area (Å²) in [5.41, 5.74) is 3.28. The second-order valence-electron chi connectivity index (χ2n) is 6.53. The minimum Gasteiger partial charge on any atom is -0.346 e. The maximum absolute atomic E-state index is 12.7. The van der Waals surface area contributed by atoms with Gasteiger partial charge in [0.2, 0.25) is 11.5 Å². The second-order valence-corrected chi connectivity index (χ2v) is 7.31. The Balaban J connectivity index is 1.56. The van der Waals surface area contributed by atoms with Gasteiger partial charge in [0.05, 0.1) is 18.0 Å². The monoisotopic (exact) mass is 377 g/mol. The third-order valence-corrected chi connectivity index (χ3v) is 5.33. The molecule has 0 radical (unpaired) electrons. The van der Waals surface area contributed by atoms with E-state index < -0.39 is 0 Å². The highest BCUT2D eigenvalue weighted by Crippen LogP contribution is 2.26. The third-order valence-electron chi connectivity index (χ3n) is 4.63. The van der Waals surface area contributed by atoms with Crippen molar-refractivity contribution in [3.05, 3.63) is 87.1 Å². The van der Waals surface area contributed by atoms with Crippen LogP contribution in [0, 0.1) is 6.92 Å². The molecule has 136 valence electrons. The number of rotatable bonds is 5. The van der Waals surface area contributed by atoms with Gasteiger partial charge in [-0.05, 0) is 59.1 Å². The Kier molecular flexibility index (Phi) is 4.64. The summed E-state index contributed by atoms with van der Waals surface area (Å²) in [4.78, 5) is 27.2. The zero-order chi connectivity index (χ0) is 18.8. The number of nitrogens with one attached hydrogen (secondary N) is 2. The quantitative estimate of drug-likeness (QED) is 0.544. The summed E-state index contributed by atoms with van der Waals surface area (Å²) in [6.45, 7) is 1.90. The highest BCUT2D eigenvalue weighted by molar-refractivity contribution is 7.08. The molecule has 0 saturated carbocycles. The molecule has 0 spiro atoms. The zero-order valence-corrected chi connectivity index (χ0v) is 15.6. The Labute approximate surface area is 160 Å². The van der Waals surface area contributed by atoms with E-state index in [4.69, 9.17) is 0 Å². The molecule has 2 N–H and O–H groups in total. The molecule has 3 heterocycles. The topological polar surface area (TPSA) is 66.9 Å². The smallest absolute Gasteiger partial charge is 0.248 e. The molecular weight excluding hydrogens is 358 g/mol. The van der Waals surface area contributed by atoms with Crippen molar-refractivity contribution in [2.75, 3.05) is 5.32 Å². The molecule has 27 heavy (non-hydrogen) atoms. The molecule has 1 aromatic carbocycles. The number of hydrogen-bond acceptors (Lipinski definition) is 3. The van der Waals surface area contributed by atoms with Gasteiger partial charge in [0.15, 0.2) is 0 Å². The summed E-state index contributed by atoms with van der Waals surface area (Å²) in [7, 11) is 0. The van der Waals surface area contributed by atoms with Gasteiger partial charge in [-0.1, -0.05) is 6.07 Å². The lowest BCUT2D eigenvalue weighted by atomic mass is 10.1. The van der Waals surface area contributed by atoms with Gasteiger partial charge in [0, 0.05) is 29.5 Å². The largest absolute Gasteiger partial charge is 0.346 e. The summed E-state index contributed by atoms with van der Waals surface area (Å²) in [5, 5.41) is 8.02. The molecule has 0 aliphatic carbocycles. The van der Waals surface area contributed by atoms with E-state index in [9.17, 15) is 9.59 Å². The first-order chi connectivity index (χ1) is 13.1. The Hall–Kier alpha value is -3.12. The lowest BCUT2D eigenvalue weighted by Gasteiger charge is -2.18. The average molecular weight is 377 g/mol. The third kappa shape index (κ3) is 3.71. The number of hydrogen-bond donors (Lipinski definition) is 2. The fraction of sp³-hybridized carbons (Fsp3) is 0.143. The zero-order valence-electron chi connectivity index (χ0n) is 14.8.